The van der Waals surface area contributed by atoms with Gasteiger partial charge in [0.25, 0.3) is 0 Å². The van der Waals surface area contributed by atoms with Crippen LogP contribution < -0.4 is 0 Å². The molecule has 1 heterocycles. The van der Waals surface area contributed by atoms with Crippen LogP contribution in [-0.2, 0) is 6.54 Å². The highest BCUT2D eigenvalue weighted by molar-refractivity contribution is 6.30. The van der Waals surface area contributed by atoms with Crippen LogP contribution in [0.3, 0.4) is 0 Å². The van der Waals surface area contributed by atoms with Crippen molar-refractivity contribution in [1.82, 2.24) is 9.55 Å². The van der Waals surface area contributed by atoms with E-state index in [1.54, 1.807) is 18.5 Å². The topological polar surface area (TPSA) is 38.1 Å². The van der Waals surface area contributed by atoms with Crippen LogP contribution in [-0.4, -0.2) is 14.7 Å². The van der Waals surface area contributed by atoms with Gasteiger partial charge in [0, 0.05) is 17.6 Å². The van der Waals surface area contributed by atoms with E-state index in [4.69, 9.17) is 11.6 Å². The van der Waals surface area contributed by atoms with Gasteiger partial charge in [-0.2, -0.15) is 0 Å². The van der Waals surface area contributed by atoms with Crippen LogP contribution in [0.25, 0.3) is 11.0 Å². The van der Waals surface area contributed by atoms with Crippen molar-refractivity contribution in [3.8, 4) is 5.75 Å². The van der Waals surface area contributed by atoms with Crippen molar-refractivity contribution in [3.63, 3.8) is 0 Å². The van der Waals surface area contributed by atoms with Crippen molar-refractivity contribution in [2.45, 2.75) is 6.54 Å². The quantitative estimate of drug-likeness (QED) is 0.765. The predicted molar refractivity (Wildman–Crippen MR) is 72.0 cm³/mol. The number of hydrogen-bond donors (Lipinski definition) is 1. The monoisotopic (exact) mass is 258 g/mol. The molecular weight excluding hydrogens is 248 g/mol. The molecule has 0 bridgehead atoms. The summed E-state index contributed by atoms with van der Waals surface area (Å²) in [5.41, 5.74) is 2.96. The van der Waals surface area contributed by atoms with E-state index in [2.05, 4.69) is 4.98 Å². The molecule has 0 aliphatic rings. The molecule has 0 saturated heterocycles. The maximum Gasteiger partial charge on any atom is 0.117 e. The molecule has 0 fully saturated rings. The summed E-state index contributed by atoms with van der Waals surface area (Å²) < 4.78 is 2.04. The Morgan fingerprint density at radius 2 is 1.89 bits per heavy atom. The molecule has 3 aromatic rings. The fourth-order valence-electron chi connectivity index (χ4n) is 1.96. The average molecular weight is 259 g/mol. The number of rotatable bonds is 2. The summed E-state index contributed by atoms with van der Waals surface area (Å²) >= 11 is 5.86. The highest BCUT2D eigenvalue weighted by Crippen LogP contribution is 2.20. The Morgan fingerprint density at radius 1 is 1.11 bits per heavy atom. The van der Waals surface area contributed by atoms with E-state index in [9.17, 15) is 5.11 Å². The molecule has 0 amide bonds. The zero-order chi connectivity index (χ0) is 12.5. The van der Waals surface area contributed by atoms with Gasteiger partial charge in [0.15, 0.2) is 0 Å². The van der Waals surface area contributed by atoms with Gasteiger partial charge in [0.1, 0.15) is 5.75 Å². The lowest BCUT2D eigenvalue weighted by atomic mass is 10.2. The second-order valence-electron chi connectivity index (χ2n) is 4.17. The maximum absolute atomic E-state index is 9.40. The van der Waals surface area contributed by atoms with E-state index in [0.29, 0.717) is 0 Å². The predicted octanol–water partition coefficient (Wildman–Crippen LogP) is 3.44. The highest BCUT2D eigenvalue weighted by Gasteiger charge is 2.04. The van der Waals surface area contributed by atoms with Crippen LogP contribution in [0.5, 0.6) is 5.75 Å². The zero-order valence-corrected chi connectivity index (χ0v) is 10.3. The van der Waals surface area contributed by atoms with Crippen molar-refractivity contribution >= 4 is 22.6 Å². The van der Waals surface area contributed by atoms with Gasteiger partial charge < -0.3 is 9.67 Å². The summed E-state index contributed by atoms with van der Waals surface area (Å²) in [5.74, 6) is 0.235. The lowest BCUT2D eigenvalue weighted by Gasteiger charge is -2.04. The van der Waals surface area contributed by atoms with Gasteiger partial charge in [-0.1, -0.05) is 23.7 Å². The van der Waals surface area contributed by atoms with Gasteiger partial charge in [-0.3, -0.25) is 0 Å². The van der Waals surface area contributed by atoms with Gasteiger partial charge in [0.05, 0.1) is 17.4 Å². The van der Waals surface area contributed by atoms with E-state index in [1.807, 2.05) is 34.9 Å². The van der Waals surface area contributed by atoms with Gasteiger partial charge in [0.2, 0.25) is 0 Å². The summed E-state index contributed by atoms with van der Waals surface area (Å²) in [6, 6.07) is 12.9. The van der Waals surface area contributed by atoms with Crippen molar-refractivity contribution in [2.24, 2.45) is 0 Å². The summed E-state index contributed by atoms with van der Waals surface area (Å²) in [6.45, 7) is 0.735. The van der Waals surface area contributed by atoms with Crippen LogP contribution in [0.1, 0.15) is 5.56 Å². The first-order chi connectivity index (χ1) is 8.72. The fraction of sp³-hybridized carbons (Fsp3) is 0.0714. The number of hydrogen-bond acceptors (Lipinski definition) is 2. The molecule has 1 N–H and O–H groups in total. The first-order valence-electron chi connectivity index (χ1n) is 5.61. The Bertz CT molecular complexity index is 689. The molecule has 3 nitrogen and oxygen atoms in total. The summed E-state index contributed by atoms with van der Waals surface area (Å²) in [6.07, 6.45) is 1.78. The lowest BCUT2D eigenvalue weighted by molar-refractivity contribution is 0.476. The second kappa shape index (κ2) is 4.35. The summed E-state index contributed by atoms with van der Waals surface area (Å²) in [5, 5.41) is 10.1. The average Bonchev–Trinajstić information content (AvgIpc) is 2.74. The van der Waals surface area contributed by atoms with E-state index in [1.165, 1.54) is 0 Å². The smallest absolute Gasteiger partial charge is 0.117 e. The molecule has 0 spiro atoms. The van der Waals surface area contributed by atoms with E-state index < -0.39 is 0 Å². The molecule has 0 radical (unpaired) electrons. The molecular formula is C14H11ClN2O. The van der Waals surface area contributed by atoms with Gasteiger partial charge in [-0.15, -0.1) is 0 Å². The molecule has 4 heteroatoms. The van der Waals surface area contributed by atoms with Crippen LogP contribution in [0, 0.1) is 0 Å². The Hall–Kier alpha value is -2.00. The Balaban J connectivity index is 1.97. The van der Waals surface area contributed by atoms with Gasteiger partial charge >= 0.3 is 0 Å². The molecule has 0 aliphatic heterocycles. The van der Waals surface area contributed by atoms with E-state index in [0.717, 1.165) is 28.2 Å². The number of benzene rings is 2. The van der Waals surface area contributed by atoms with E-state index >= 15 is 0 Å². The number of fused-ring (bicyclic) bond motifs is 1. The first-order valence-corrected chi connectivity index (χ1v) is 5.98. The SMILES string of the molecule is Oc1ccc2c(c1)ncn2Cc1ccc(Cl)cc1. The van der Waals surface area contributed by atoms with Crippen molar-refractivity contribution in [1.29, 1.82) is 0 Å². The third-order valence-corrected chi connectivity index (χ3v) is 3.12. The van der Waals surface area contributed by atoms with Crippen molar-refractivity contribution < 1.29 is 5.11 Å². The summed E-state index contributed by atoms with van der Waals surface area (Å²) in [4.78, 5) is 4.27. The number of aromatic nitrogens is 2. The molecule has 0 saturated carbocycles. The maximum atomic E-state index is 9.40. The summed E-state index contributed by atoms with van der Waals surface area (Å²) in [7, 11) is 0. The standard InChI is InChI=1S/C14H11ClN2O/c15-11-3-1-10(2-4-11)8-17-9-16-13-7-12(18)5-6-14(13)17/h1-7,9,18H,8H2. The third-order valence-electron chi connectivity index (χ3n) is 2.87. The van der Waals surface area contributed by atoms with Crippen molar-refractivity contribution in [3.05, 3.63) is 59.4 Å². The molecule has 0 atom stereocenters. The zero-order valence-electron chi connectivity index (χ0n) is 9.55. The van der Waals surface area contributed by atoms with E-state index in [-0.39, 0.29) is 5.75 Å². The molecule has 18 heavy (non-hydrogen) atoms. The largest absolute Gasteiger partial charge is 0.508 e. The minimum absolute atomic E-state index is 0.235. The first kappa shape index (κ1) is 11.1. The lowest BCUT2D eigenvalue weighted by Crippen LogP contribution is -1.97. The van der Waals surface area contributed by atoms with Crippen molar-refractivity contribution in [2.75, 3.05) is 0 Å². The van der Waals surface area contributed by atoms with Gasteiger partial charge in [-0.05, 0) is 29.8 Å². The molecule has 0 aliphatic carbocycles. The number of nitrogens with zero attached hydrogens (tertiary/aromatic N) is 2. The van der Waals surface area contributed by atoms with Crippen LogP contribution in [0.2, 0.25) is 5.02 Å². The van der Waals surface area contributed by atoms with Crippen LogP contribution in [0.4, 0.5) is 0 Å². The minimum Gasteiger partial charge on any atom is -0.508 e. The number of phenolic OH excluding ortho intramolecular Hbond substituents is 1. The number of aromatic hydroxyl groups is 1. The Labute approximate surface area is 109 Å². The molecule has 90 valence electrons. The highest BCUT2D eigenvalue weighted by atomic mass is 35.5. The van der Waals surface area contributed by atoms with Gasteiger partial charge in [-0.25, -0.2) is 4.98 Å². The fourth-order valence-corrected chi connectivity index (χ4v) is 2.09. The molecule has 3 rings (SSSR count). The third kappa shape index (κ3) is 2.05. The van der Waals surface area contributed by atoms with Crippen LogP contribution >= 0.6 is 11.6 Å². The Kier molecular flexibility index (Phi) is 2.68. The minimum atomic E-state index is 0.235. The normalized spacial score (nSPS) is 10.9. The number of imidazole rings is 1. The second-order valence-corrected chi connectivity index (χ2v) is 4.61. The molecule has 2 aromatic carbocycles. The molecule has 1 aromatic heterocycles. The van der Waals surface area contributed by atoms with Crippen LogP contribution in [0.15, 0.2) is 48.8 Å². The number of phenols is 1. The number of halogens is 1. The molecule has 0 unspecified atom stereocenters. The Morgan fingerprint density at radius 3 is 2.67 bits per heavy atom.